The van der Waals surface area contributed by atoms with Gasteiger partial charge in [0.25, 0.3) is 5.69 Å². The van der Waals surface area contributed by atoms with Gasteiger partial charge >= 0.3 is 0 Å². The first kappa shape index (κ1) is 16.7. The minimum absolute atomic E-state index is 0.147. The Kier molecular flexibility index (Phi) is 4.96. The van der Waals surface area contributed by atoms with E-state index in [1.54, 1.807) is 23.5 Å². The summed E-state index contributed by atoms with van der Waals surface area (Å²) in [5.41, 5.74) is 1.86. The van der Waals surface area contributed by atoms with Gasteiger partial charge in [0.05, 0.1) is 9.80 Å². The SMILES string of the molecule is CCn1c(SCc2cc(C)ccc2[N+](=O)[O-])nnc1-c1cccs1. The highest BCUT2D eigenvalue weighted by atomic mass is 32.2. The van der Waals surface area contributed by atoms with Crippen molar-refractivity contribution < 1.29 is 4.92 Å². The molecular formula is C16H16N4O2S2. The number of hydrogen-bond acceptors (Lipinski definition) is 6. The Morgan fingerprint density at radius 3 is 2.83 bits per heavy atom. The number of aromatic nitrogens is 3. The number of nitro groups is 1. The van der Waals surface area contributed by atoms with Crippen LogP contribution in [0.4, 0.5) is 5.69 Å². The predicted molar refractivity (Wildman–Crippen MR) is 96.4 cm³/mol. The summed E-state index contributed by atoms with van der Waals surface area (Å²) >= 11 is 3.09. The van der Waals surface area contributed by atoms with Crippen LogP contribution in [0.5, 0.6) is 0 Å². The van der Waals surface area contributed by atoms with Gasteiger partial charge in [-0.25, -0.2) is 0 Å². The molecule has 0 aliphatic heterocycles. The predicted octanol–water partition coefficient (Wildman–Crippen LogP) is 4.54. The third kappa shape index (κ3) is 3.34. The van der Waals surface area contributed by atoms with Crippen LogP contribution in [0.2, 0.25) is 0 Å². The maximum Gasteiger partial charge on any atom is 0.273 e. The first-order chi connectivity index (χ1) is 11.6. The molecule has 0 saturated heterocycles. The van der Waals surface area contributed by atoms with Crippen molar-refractivity contribution in [2.75, 3.05) is 0 Å². The molecule has 0 bridgehead atoms. The molecule has 0 unspecified atom stereocenters. The lowest BCUT2D eigenvalue weighted by Gasteiger charge is -2.07. The molecule has 2 heterocycles. The highest BCUT2D eigenvalue weighted by Crippen LogP contribution is 2.31. The fraction of sp³-hybridized carbons (Fsp3) is 0.250. The molecule has 3 aromatic rings. The number of rotatable bonds is 6. The van der Waals surface area contributed by atoms with Crippen LogP contribution in [0.25, 0.3) is 10.7 Å². The number of nitrogens with zero attached hydrogens (tertiary/aromatic N) is 4. The molecule has 0 aliphatic rings. The van der Waals surface area contributed by atoms with E-state index in [4.69, 9.17) is 0 Å². The van der Waals surface area contributed by atoms with Crippen molar-refractivity contribution in [2.24, 2.45) is 0 Å². The fourth-order valence-electron chi connectivity index (χ4n) is 2.42. The molecule has 0 fully saturated rings. The maximum absolute atomic E-state index is 11.2. The third-order valence-electron chi connectivity index (χ3n) is 3.56. The standard InChI is InChI=1S/C16H16N4O2S2/c1-3-19-15(14-5-4-8-23-14)17-18-16(19)24-10-12-9-11(2)6-7-13(12)20(21)22/h4-9H,3,10H2,1-2H3. The second-order valence-electron chi connectivity index (χ2n) is 5.21. The molecule has 3 rings (SSSR count). The van der Waals surface area contributed by atoms with Gasteiger partial charge in [-0.15, -0.1) is 21.5 Å². The van der Waals surface area contributed by atoms with Gasteiger partial charge in [-0.3, -0.25) is 10.1 Å². The molecule has 0 N–H and O–H groups in total. The summed E-state index contributed by atoms with van der Waals surface area (Å²) in [6.45, 7) is 4.72. The Morgan fingerprint density at radius 1 is 1.33 bits per heavy atom. The first-order valence-electron chi connectivity index (χ1n) is 7.44. The van der Waals surface area contributed by atoms with Crippen molar-refractivity contribution in [1.82, 2.24) is 14.8 Å². The van der Waals surface area contributed by atoms with E-state index in [0.29, 0.717) is 11.3 Å². The molecule has 0 amide bonds. The lowest BCUT2D eigenvalue weighted by molar-refractivity contribution is -0.385. The van der Waals surface area contributed by atoms with Gasteiger partial charge in [0.2, 0.25) is 0 Å². The van der Waals surface area contributed by atoms with Crippen molar-refractivity contribution in [3.05, 3.63) is 57.0 Å². The van der Waals surface area contributed by atoms with Crippen molar-refractivity contribution in [3.63, 3.8) is 0 Å². The Labute approximate surface area is 147 Å². The van der Waals surface area contributed by atoms with Crippen LogP contribution in [0.3, 0.4) is 0 Å². The number of benzene rings is 1. The van der Waals surface area contributed by atoms with Crippen LogP contribution in [0.15, 0.2) is 40.9 Å². The normalized spacial score (nSPS) is 10.9. The molecule has 0 spiro atoms. The van der Waals surface area contributed by atoms with Crippen LogP contribution >= 0.6 is 23.1 Å². The van der Waals surface area contributed by atoms with Crippen molar-refractivity contribution in [1.29, 1.82) is 0 Å². The van der Waals surface area contributed by atoms with Crippen LogP contribution in [0.1, 0.15) is 18.1 Å². The molecule has 0 saturated carbocycles. The molecule has 0 atom stereocenters. The van der Waals surface area contributed by atoms with E-state index in [0.717, 1.165) is 28.0 Å². The van der Waals surface area contributed by atoms with Crippen LogP contribution in [-0.2, 0) is 12.3 Å². The maximum atomic E-state index is 11.2. The topological polar surface area (TPSA) is 73.8 Å². The zero-order valence-corrected chi connectivity index (χ0v) is 14.9. The van der Waals surface area contributed by atoms with Crippen LogP contribution in [-0.4, -0.2) is 19.7 Å². The van der Waals surface area contributed by atoms with E-state index in [1.165, 1.54) is 11.8 Å². The molecule has 2 aromatic heterocycles. The smallest absolute Gasteiger partial charge is 0.273 e. The third-order valence-corrected chi connectivity index (χ3v) is 5.44. The van der Waals surface area contributed by atoms with E-state index in [9.17, 15) is 10.1 Å². The van der Waals surface area contributed by atoms with Crippen LogP contribution in [0, 0.1) is 17.0 Å². The van der Waals surface area contributed by atoms with Crippen molar-refractivity contribution in [3.8, 4) is 10.7 Å². The van der Waals surface area contributed by atoms with E-state index in [1.807, 2.05) is 42.0 Å². The monoisotopic (exact) mass is 360 g/mol. The fourth-order valence-corrected chi connectivity index (χ4v) is 4.12. The van der Waals surface area contributed by atoms with Gasteiger partial charge < -0.3 is 4.57 Å². The van der Waals surface area contributed by atoms with Crippen LogP contribution < -0.4 is 0 Å². The minimum Gasteiger partial charge on any atom is -0.302 e. The molecule has 24 heavy (non-hydrogen) atoms. The van der Waals surface area contributed by atoms with Gasteiger partial charge in [-0.2, -0.15) is 0 Å². The number of aryl methyl sites for hydroxylation is 1. The molecule has 0 radical (unpaired) electrons. The summed E-state index contributed by atoms with van der Waals surface area (Å²) in [5, 5.41) is 22.5. The van der Waals surface area contributed by atoms with Gasteiger partial charge in [0.1, 0.15) is 0 Å². The highest BCUT2D eigenvalue weighted by Gasteiger charge is 2.17. The van der Waals surface area contributed by atoms with E-state index in [-0.39, 0.29) is 10.6 Å². The molecular weight excluding hydrogens is 344 g/mol. The molecule has 6 nitrogen and oxygen atoms in total. The van der Waals surface area contributed by atoms with Crippen molar-refractivity contribution >= 4 is 28.8 Å². The molecule has 8 heteroatoms. The number of thioether (sulfide) groups is 1. The summed E-state index contributed by atoms with van der Waals surface area (Å²) in [7, 11) is 0. The Bertz CT molecular complexity index is 859. The summed E-state index contributed by atoms with van der Waals surface area (Å²) < 4.78 is 2.04. The van der Waals surface area contributed by atoms with Gasteiger partial charge in [-0.05, 0) is 31.4 Å². The average molecular weight is 360 g/mol. The van der Waals surface area contributed by atoms with Crippen molar-refractivity contribution in [2.45, 2.75) is 31.3 Å². The second-order valence-corrected chi connectivity index (χ2v) is 7.10. The minimum atomic E-state index is -0.336. The summed E-state index contributed by atoms with van der Waals surface area (Å²) in [6, 6.07) is 9.18. The Hall–Kier alpha value is -2.19. The van der Waals surface area contributed by atoms with Gasteiger partial charge in [-0.1, -0.05) is 29.5 Å². The largest absolute Gasteiger partial charge is 0.302 e. The van der Waals surface area contributed by atoms with Gasteiger partial charge in [0.15, 0.2) is 11.0 Å². The Balaban J connectivity index is 1.86. The lowest BCUT2D eigenvalue weighted by atomic mass is 10.1. The average Bonchev–Trinajstić information content (AvgIpc) is 3.21. The van der Waals surface area contributed by atoms with E-state index >= 15 is 0 Å². The zero-order valence-electron chi connectivity index (χ0n) is 13.3. The van der Waals surface area contributed by atoms with E-state index in [2.05, 4.69) is 10.2 Å². The second kappa shape index (κ2) is 7.14. The van der Waals surface area contributed by atoms with Gasteiger partial charge in [0, 0.05) is 23.9 Å². The Morgan fingerprint density at radius 2 is 2.17 bits per heavy atom. The summed E-state index contributed by atoms with van der Waals surface area (Å²) in [6.07, 6.45) is 0. The lowest BCUT2D eigenvalue weighted by Crippen LogP contribution is -2.00. The quantitative estimate of drug-likeness (QED) is 0.367. The number of hydrogen-bond donors (Lipinski definition) is 0. The highest BCUT2D eigenvalue weighted by molar-refractivity contribution is 7.98. The molecule has 0 aliphatic carbocycles. The number of thiophene rings is 1. The molecule has 124 valence electrons. The summed E-state index contributed by atoms with van der Waals surface area (Å²) in [5.74, 6) is 1.33. The number of nitro benzene ring substituents is 1. The van der Waals surface area contributed by atoms with E-state index < -0.39 is 0 Å². The molecule has 1 aromatic carbocycles. The first-order valence-corrected chi connectivity index (χ1v) is 9.30. The zero-order chi connectivity index (χ0) is 17.1. The summed E-state index contributed by atoms with van der Waals surface area (Å²) in [4.78, 5) is 11.9.